The van der Waals surface area contributed by atoms with Crippen molar-refractivity contribution in [2.75, 3.05) is 5.32 Å². The van der Waals surface area contributed by atoms with Gasteiger partial charge in [0.25, 0.3) is 0 Å². The first-order valence-corrected chi connectivity index (χ1v) is 9.26. The van der Waals surface area contributed by atoms with Crippen LogP contribution in [-0.2, 0) is 16.0 Å². The molecule has 2 atom stereocenters. The van der Waals surface area contributed by atoms with Gasteiger partial charge in [-0.3, -0.25) is 9.59 Å². The van der Waals surface area contributed by atoms with E-state index < -0.39 is 0 Å². The molecule has 1 aliphatic rings. The van der Waals surface area contributed by atoms with Crippen LogP contribution in [-0.4, -0.2) is 11.8 Å². The topological polar surface area (TPSA) is 58.2 Å². The number of fused-ring (bicyclic) bond motifs is 1. The zero-order valence-electron chi connectivity index (χ0n) is 14.1. The minimum Gasteiger partial charge on any atom is -0.350 e. The van der Waals surface area contributed by atoms with Gasteiger partial charge in [0.05, 0.1) is 6.04 Å². The van der Waals surface area contributed by atoms with Crippen LogP contribution >= 0.6 is 15.9 Å². The largest absolute Gasteiger partial charge is 0.350 e. The summed E-state index contributed by atoms with van der Waals surface area (Å²) in [6, 6.07) is 15.7. The molecule has 2 aromatic carbocycles. The maximum atomic E-state index is 12.2. The number of benzene rings is 2. The van der Waals surface area contributed by atoms with Crippen molar-refractivity contribution in [3.63, 3.8) is 0 Å². The minimum absolute atomic E-state index is 0.00691. The third-order valence-corrected chi connectivity index (χ3v) is 5.11. The van der Waals surface area contributed by atoms with Crippen molar-refractivity contribution >= 4 is 33.4 Å². The molecule has 1 heterocycles. The van der Waals surface area contributed by atoms with E-state index in [9.17, 15) is 9.59 Å². The lowest BCUT2D eigenvalue weighted by Crippen LogP contribution is -2.32. The zero-order chi connectivity index (χ0) is 17.8. The van der Waals surface area contributed by atoms with Gasteiger partial charge in [-0.25, -0.2) is 0 Å². The third kappa shape index (κ3) is 4.48. The Morgan fingerprint density at radius 2 is 1.96 bits per heavy atom. The number of halogens is 1. The van der Waals surface area contributed by atoms with Crippen LogP contribution in [0.3, 0.4) is 0 Å². The SMILES string of the molecule is C[C@H](NC(=O)CC[C@H]1Cc2ccccc2NC1=O)c1ccc(Br)cc1. The maximum absolute atomic E-state index is 12.2. The number of carbonyl (C=O) groups is 2. The Balaban J connectivity index is 1.52. The van der Waals surface area contributed by atoms with Gasteiger partial charge in [-0.05, 0) is 49.1 Å². The van der Waals surface area contributed by atoms with Gasteiger partial charge in [-0.1, -0.05) is 46.3 Å². The Hall–Kier alpha value is -2.14. The molecule has 0 unspecified atom stereocenters. The van der Waals surface area contributed by atoms with Crippen molar-refractivity contribution in [1.82, 2.24) is 5.32 Å². The first-order valence-electron chi connectivity index (χ1n) is 8.46. The predicted molar refractivity (Wildman–Crippen MR) is 102 cm³/mol. The average molecular weight is 401 g/mol. The fourth-order valence-corrected chi connectivity index (χ4v) is 3.36. The molecule has 0 saturated carbocycles. The number of anilines is 1. The summed E-state index contributed by atoms with van der Waals surface area (Å²) in [6.45, 7) is 1.96. The minimum atomic E-state index is -0.149. The molecule has 0 fully saturated rings. The molecule has 1 aliphatic heterocycles. The number of carbonyl (C=O) groups excluding carboxylic acids is 2. The normalized spacial score (nSPS) is 17.4. The van der Waals surface area contributed by atoms with Gasteiger partial charge < -0.3 is 10.6 Å². The monoisotopic (exact) mass is 400 g/mol. The second kappa shape index (κ2) is 7.83. The fraction of sp³-hybridized carbons (Fsp3) is 0.300. The van der Waals surface area contributed by atoms with E-state index in [-0.39, 0.29) is 23.8 Å². The highest BCUT2D eigenvalue weighted by Crippen LogP contribution is 2.27. The summed E-state index contributed by atoms with van der Waals surface area (Å²) in [4.78, 5) is 24.4. The van der Waals surface area contributed by atoms with E-state index in [1.807, 2.05) is 55.5 Å². The molecule has 0 spiro atoms. The van der Waals surface area contributed by atoms with Crippen molar-refractivity contribution in [1.29, 1.82) is 0 Å². The lowest BCUT2D eigenvalue weighted by atomic mass is 9.89. The zero-order valence-corrected chi connectivity index (χ0v) is 15.7. The molecule has 0 aliphatic carbocycles. The number of hydrogen-bond acceptors (Lipinski definition) is 2. The summed E-state index contributed by atoms with van der Waals surface area (Å²) < 4.78 is 1.01. The summed E-state index contributed by atoms with van der Waals surface area (Å²) in [5.41, 5.74) is 3.08. The number of amides is 2. The Morgan fingerprint density at radius 3 is 2.72 bits per heavy atom. The van der Waals surface area contributed by atoms with Gasteiger partial charge in [-0.2, -0.15) is 0 Å². The van der Waals surface area contributed by atoms with E-state index in [1.54, 1.807) is 0 Å². The smallest absolute Gasteiger partial charge is 0.227 e. The quantitative estimate of drug-likeness (QED) is 0.789. The van der Waals surface area contributed by atoms with Crippen LogP contribution in [0.1, 0.15) is 36.9 Å². The summed E-state index contributed by atoms with van der Waals surface area (Å²) in [7, 11) is 0. The highest BCUT2D eigenvalue weighted by Gasteiger charge is 2.26. The molecule has 130 valence electrons. The molecule has 4 nitrogen and oxygen atoms in total. The summed E-state index contributed by atoms with van der Waals surface area (Å²) in [5.74, 6) is -0.168. The van der Waals surface area contributed by atoms with E-state index >= 15 is 0 Å². The number of nitrogens with one attached hydrogen (secondary N) is 2. The molecule has 3 rings (SSSR count). The molecule has 5 heteroatoms. The van der Waals surface area contributed by atoms with Crippen molar-refractivity contribution in [3.8, 4) is 0 Å². The van der Waals surface area contributed by atoms with Crippen molar-refractivity contribution < 1.29 is 9.59 Å². The van der Waals surface area contributed by atoms with E-state index in [2.05, 4.69) is 26.6 Å². The van der Waals surface area contributed by atoms with E-state index in [4.69, 9.17) is 0 Å². The molecule has 25 heavy (non-hydrogen) atoms. The van der Waals surface area contributed by atoms with E-state index in [0.29, 0.717) is 19.3 Å². The molecular formula is C20H21BrN2O2. The van der Waals surface area contributed by atoms with Gasteiger partial charge in [0, 0.05) is 22.5 Å². The molecule has 0 radical (unpaired) electrons. The lowest BCUT2D eigenvalue weighted by Gasteiger charge is -2.24. The first-order chi connectivity index (χ1) is 12.0. The third-order valence-electron chi connectivity index (χ3n) is 4.58. The number of hydrogen-bond donors (Lipinski definition) is 2. The van der Waals surface area contributed by atoms with Gasteiger partial charge >= 0.3 is 0 Å². The molecule has 2 N–H and O–H groups in total. The lowest BCUT2D eigenvalue weighted by molar-refractivity contribution is -0.123. The predicted octanol–water partition coefficient (Wildman–Crippen LogP) is 4.22. The molecule has 2 aromatic rings. The van der Waals surface area contributed by atoms with Crippen LogP contribution in [0, 0.1) is 5.92 Å². The van der Waals surface area contributed by atoms with Crippen LogP contribution < -0.4 is 10.6 Å². The Labute approximate surface area is 156 Å². The van der Waals surface area contributed by atoms with Crippen molar-refractivity contribution in [2.24, 2.45) is 5.92 Å². The van der Waals surface area contributed by atoms with Crippen LogP contribution in [0.4, 0.5) is 5.69 Å². The Morgan fingerprint density at radius 1 is 1.24 bits per heavy atom. The van der Waals surface area contributed by atoms with Gasteiger partial charge in [0.2, 0.25) is 11.8 Å². The van der Waals surface area contributed by atoms with Crippen LogP contribution in [0.25, 0.3) is 0 Å². The second-order valence-electron chi connectivity index (χ2n) is 6.43. The highest BCUT2D eigenvalue weighted by molar-refractivity contribution is 9.10. The molecular weight excluding hydrogens is 380 g/mol. The summed E-state index contributed by atoms with van der Waals surface area (Å²) in [5, 5.41) is 5.93. The number of para-hydroxylation sites is 1. The Kier molecular flexibility index (Phi) is 5.53. The van der Waals surface area contributed by atoms with Crippen LogP contribution in [0.5, 0.6) is 0 Å². The fourth-order valence-electron chi connectivity index (χ4n) is 3.10. The summed E-state index contributed by atoms with van der Waals surface area (Å²) in [6.07, 6.45) is 1.59. The van der Waals surface area contributed by atoms with E-state index in [1.165, 1.54) is 0 Å². The van der Waals surface area contributed by atoms with Gasteiger partial charge in [0.15, 0.2) is 0 Å². The molecule has 0 aromatic heterocycles. The van der Waals surface area contributed by atoms with Crippen LogP contribution in [0.15, 0.2) is 53.0 Å². The van der Waals surface area contributed by atoms with E-state index in [0.717, 1.165) is 21.3 Å². The van der Waals surface area contributed by atoms with Gasteiger partial charge in [-0.15, -0.1) is 0 Å². The molecule has 2 amide bonds. The highest BCUT2D eigenvalue weighted by atomic mass is 79.9. The first kappa shape index (κ1) is 17.7. The van der Waals surface area contributed by atoms with Gasteiger partial charge in [0.1, 0.15) is 0 Å². The van der Waals surface area contributed by atoms with Crippen molar-refractivity contribution in [3.05, 3.63) is 64.1 Å². The van der Waals surface area contributed by atoms with Crippen molar-refractivity contribution in [2.45, 2.75) is 32.2 Å². The molecule has 0 saturated heterocycles. The standard InChI is InChI=1S/C20H21BrN2O2/c1-13(14-6-9-17(21)10-7-14)22-19(24)11-8-16-12-15-4-2-3-5-18(15)23-20(16)25/h2-7,9-10,13,16H,8,11-12H2,1H3,(H,22,24)(H,23,25)/t13-,16-/m0/s1. The maximum Gasteiger partial charge on any atom is 0.227 e. The van der Waals surface area contributed by atoms with Crippen LogP contribution in [0.2, 0.25) is 0 Å². The molecule has 0 bridgehead atoms. The second-order valence-corrected chi connectivity index (χ2v) is 7.34. The number of rotatable bonds is 5. The average Bonchev–Trinajstić information content (AvgIpc) is 2.60. The summed E-state index contributed by atoms with van der Waals surface area (Å²) >= 11 is 3.41. The Bertz CT molecular complexity index is 774.